The molecule has 2 aromatic carbocycles. The van der Waals surface area contributed by atoms with Gasteiger partial charge in [0, 0.05) is 0 Å². The van der Waals surface area contributed by atoms with Crippen LogP contribution in [0.3, 0.4) is 0 Å². The molecule has 0 radical (unpaired) electrons. The maximum atomic E-state index is 12.1. The van der Waals surface area contributed by atoms with Gasteiger partial charge in [-0.3, -0.25) is 15.6 Å². The van der Waals surface area contributed by atoms with E-state index in [9.17, 15) is 13.6 Å². The zero-order valence-corrected chi connectivity index (χ0v) is 14.3. The number of aryl methyl sites for hydroxylation is 1. The molecule has 1 amide bonds. The Morgan fingerprint density at radius 1 is 1.04 bits per heavy atom. The number of nitrogens with one attached hydrogen (secondary N) is 2. The highest BCUT2D eigenvalue weighted by Gasteiger charge is 2.06. The van der Waals surface area contributed by atoms with E-state index in [1.165, 1.54) is 17.7 Å². The van der Waals surface area contributed by atoms with Gasteiger partial charge in [0.05, 0.1) is 5.70 Å². The Kier molecular flexibility index (Phi) is 6.96. The molecule has 0 unspecified atom stereocenters. The van der Waals surface area contributed by atoms with E-state index in [0.29, 0.717) is 17.0 Å². The number of halogens is 2. The lowest BCUT2D eigenvalue weighted by Crippen LogP contribution is -2.38. The van der Waals surface area contributed by atoms with Crippen molar-refractivity contribution in [2.45, 2.75) is 20.0 Å². The molecule has 138 valence electrons. The number of rotatable bonds is 9. The summed E-state index contributed by atoms with van der Waals surface area (Å²) in [5.74, 6) is 0.261. The third-order valence-corrected chi connectivity index (χ3v) is 3.48. The van der Waals surface area contributed by atoms with E-state index in [0.717, 1.165) is 6.42 Å². The van der Waals surface area contributed by atoms with E-state index in [1.807, 2.05) is 24.3 Å². The lowest BCUT2D eigenvalue weighted by molar-refractivity contribution is -0.123. The number of amides is 1. The van der Waals surface area contributed by atoms with E-state index in [4.69, 9.17) is 4.74 Å². The van der Waals surface area contributed by atoms with Crippen molar-refractivity contribution in [3.8, 4) is 11.5 Å². The summed E-state index contributed by atoms with van der Waals surface area (Å²) >= 11 is 0. The zero-order valence-electron chi connectivity index (χ0n) is 14.3. The summed E-state index contributed by atoms with van der Waals surface area (Å²) in [5.41, 5.74) is 7.30. The first kappa shape index (κ1) is 19.2. The van der Waals surface area contributed by atoms with Gasteiger partial charge in [0.25, 0.3) is 5.91 Å². The molecule has 0 aromatic heterocycles. The van der Waals surface area contributed by atoms with Gasteiger partial charge in [-0.1, -0.05) is 25.6 Å². The van der Waals surface area contributed by atoms with Crippen molar-refractivity contribution in [2.75, 3.05) is 6.61 Å². The topological polar surface area (TPSA) is 59.6 Å². The van der Waals surface area contributed by atoms with Crippen molar-refractivity contribution in [2.24, 2.45) is 0 Å². The van der Waals surface area contributed by atoms with Crippen LogP contribution in [0.5, 0.6) is 11.5 Å². The number of carbonyl (C=O) groups is 1. The van der Waals surface area contributed by atoms with Gasteiger partial charge in [0.1, 0.15) is 11.5 Å². The van der Waals surface area contributed by atoms with E-state index in [2.05, 4.69) is 29.1 Å². The number of carbonyl (C=O) groups excluding carboxylic acids is 1. The molecule has 0 spiro atoms. The summed E-state index contributed by atoms with van der Waals surface area (Å²) in [6.45, 7) is 2.79. The van der Waals surface area contributed by atoms with Crippen molar-refractivity contribution in [3.63, 3.8) is 0 Å². The van der Waals surface area contributed by atoms with Crippen LogP contribution < -0.4 is 20.3 Å². The molecule has 7 heteroatoms. The minimum Gasteiger partial charge on any atom is -0.484 e. The number of hydrogen-bond donors (Lipinski definition) is 2. The maximum Gasteiger partial charge on any atom is 0.387 e. The summed E-state index contributed by atoms with van der Waals surface area (Å²) < 4.78 is 33.9. The summed E-state index contributed by atoms with van der Waals surface area (Å²) in [6.07, 6.45) is 0.933. The monoisotopic (exact) mass is 362 g/mol. The second-order valence-electron chi connectivity index (χ2n) is 5.34. The molecule has 0 bridgehead atoms. The number of hydrazine groups is 1. The summed E-state index contributed by atoms with van der Waals surface area (Å²) in [4.78, 5) is 11.8. The van der Waals surface area contributed by atoms with Gasteiger partial charge < -0.3 is 9.47 Å². The van der Waals surface area contributed by atoms with Gasteiger partial charge >= 0.3 is 6.61 Å². The normalized spacial score (nSPS) is 10.3. The Bertz CT molecular complexity index is 731. The van der Waals surface area contributed by atoms with Gasteiger partial charge in [-0.05, 0) is 53.9 Å². The van der Waals surface area contributed by atoms with Crippen molar-refractivity contribution >= 4 is 11.6 Å². The molecule has 2 rings (SSSR count). The fourth-order valence-electron chi connectivity index (χ4n) is 2.06. The van der Waals surface area contributed by atoms with Crippen LogP contribution in [0.2, 0.25) is 0 Å². The fourth-order valence-corrected chi connectivity index (χ4v) is 2.06. The minimum absolute atomic E-state index is 0.0445. The number of hydrogen-bond acceptors (Lipinski definition) is 4. The number of benzene rings is 2. The molecular formula is C19H20F2N2O3. The summed E-state index contributed by atoms with van der Waals surface area (Å²) in [5, 5.41) is 0. The quantitative estimate of drug-likeness (QED) is 0.670. The molecule has 0 aliphatic carbocycles. The first-order valence-corrected chi connectivity index (χ1v) is 7.98. The highest BCUT2D eigenvalue weighted by atomic mass is 19.3. The maximum absolute atomic E-state index is 12.1. The third kappa shape index (κ3) is 6.08. The van der Waals surface area contributed by atoms with Crippen LogP contribution in [0.1, 0.15) is 18.1 Å². The molecule has 2 aromatic rings. The summed E-state index contributed by atoms with van der Waals surface area (Å²) in [6, 6.07) is 13.4. The predicted octanol–water partition coefficient (Wildman–Crippen LogP) is 3.52. The molecule has 0 saturated heterocycles. The fraction of sp³-hybridized carbons (Fsp3) is 0.211. The van der Waals surface area contributed by atoms with Crippen molar-refractivity contribution < 1.29 is 23.0 Å². The number of alkyl halides is 2. The second-order valence-corrected chi connectivity index (χ2v) is 5.34. The van der Waals surface area contributed by atoms with Crippen LogP contribution in [0, 0.1) is 0 Å². The molecule has 0 fully saturated rings. The third-order valence-electron chi connectivity index (χ3n) is 3.48. The Hall–Kier alpha value is -3.09. The molecule has 0 atom stereocenters. The molecule has 0 aliphatic rings. The van der Waals surface area contributed by atoms with Gasteiger partial charge in [0.2, 0.25) is 0 Å². The molecule has 0 saturated carbocycles. The van der Waals surface area contributed by atoms with E-state index < -0.39 is 6.61 Å². The average Bonchev–Trinajstić information content (AvgIpc) is 2.65. The molecular weight excluding hydrogens is 342 g/mol. The Morgan fingerprint density at radius 2 is 1.65 bits per heavy atom. The van der Waals surface area contributed by atoms with E-state index in [1.54, 1.807) is 12.1 Å². The SMILES string of the molecule is C=C(NNC(=O)COc1ccc(CC)cc1)c1ccc(OC(F)F)cc1. The van der Waals surface area contributed by atoms with Crippen LogP contribution in [-0.2, 0) is 11.2 Å². The number of ether oxygens (including phenoxy) is 2. The van der Waals surface area contributed by atoms with Gasteiger partial charge in [-0.2, -0.15) is 8.78 Å². The van der Waals surface area contributed by atoms with Crippen LogP contribution >= 0.6 is 0 Å². The smallest absolute Gasteiger partial charge is 0.387 e. The predicted molar refractivity (Wildman–Crippen MR) is 94.7 cm³/mol. The van der Waals surface area contributed by atoms with Crippen LogP contribution in [0.25, 0.3) is 5.70 Å². The lowest BCUT2D eigenvalue weighted by atomic mass is 10.2. The van der Waals surface area contributed by atoms with E-state index in [-0.39, 0.29) is 18.3 Å². The standard InChI is InChI=1S/C19H20F2N2O3/c1-3-14-4-8-16(9-5-14)25-12-18(24)23-22-13(2)15-6-10-17(11-7-15)26-19(20)21/h4-11,19,22H,2-3,12H2,1H3,(H,23,24). The largest absolute Gasteiger partial charge is 0.484 e. The summed E-state index contributed by atoms with van der Waals surface area (Å²) in [7, 11) is 0. The van der Waals surface area contributed by atoms with E-state index >= 15 is 0 Å². The lowest BCUT2D eigenvalue weighted by Gasteiger charge is -2.12. The Morgan fingerprint density at radius 3 is 2.23 bits per heavy atom. The van der Waals surface area contributed by atoms with Gasteiger partial charge in [-0.25, -0.2) is 0 Å². The molecule has 0 heterocycles. The minimum atomic E-state index is -2.88. The highest BCUT2D eigenvalue weighted by molar-refractivity contribution is 5.78. The first-order valence-electron chi connectivity index (χ1n) is 7.98. The van der Waals surface area contributed by atoms with Gasteiger partial charge in [0.15, 0.2) is 6.61 Å². The molecule has 0 aliphatic heterocycles. The first-order chi connectivity index (χ1) is 12.5. The molecule has 2 N–H and O–H groups in total. The highest BCUT2D eigenvalue weighted by Crippen LogP contribution is 2.17. The Balaban J connectivity index is 1.76. The molecule has 5 nitrogen and oxygen atoms in total. The van der Waals surface area contributed by atoms with Gasteiger partial charge in [-0.15, -0.1) is 0 Å². The van der Waals surface area contributed by atoms with Crippen LogP contribution in [0.15, 0.2) is 55.1 Å². The van der Waals surface area contributed by atoms with Crippen molar-refractivity contribution in [3.05, 3.63) is 66.2 Å². The zero-order chi connectivity index (χ0) is 18.9. The Labute approximate surface area is 150 Å². The van der Waals surface area contributed by atoms with Crippen LogP contribution in [-0.4, -0.2) is 19.1 Å². The average molecular weight is 362 g/mol. The van der Waals surface area contributed by atoms with Crippen molar-refractivity contribution in [1.82, 2.24) is 10.9 Å². The second kappa shape index (κ2) is 9.41. The van der Waals surface area contributed by atoms with Crippen LogP contribution in [0.4, 0.5) is 8.78 Å². The molecule has 26 heavy (non-hydrogen) atoms. The van der Waals surface area contributed by atoms with Crippen molar-refractivity contribution in [1.29, 1.82) is 0 Å².